The zero-order valence-corrected chi connectivity index (χ0v) is 12.1. The molecule has 92 valence electrons. The average molecular weight is 346 g/mol. The van der Waals surface area contributed by atoms with Crippen LogP contribution in [0.2, 0.25) is 10.0 Å². The standard InChI is InChI=1S/C12H7BrCl2N2O/c13-8-3-7(4-9(14)5-8)12(18)17-11-6-16-2-1-10(11)15/h1-6H,(H,17,18). The number of carbonyl (C=O) groups is 1. The number of aromatic nitrogens is 1. The number of hydrogen-bond acceptors (Lipinski definition) is 2. The van der Waals surface area contributed by atoms with E-state index in [1.54, 1.807) is 30.5 Å². The van der Waals surface area contributed by atoms with Crippen molar-refractivity contribution >= 4 is 50.7 Å². The van der Waals surface area contributed by atoms with E-state index < -0.39 is 0 Å². The summed E-state index contributed by atoms with van der Waals surface area (Å²) in [5.41, 5.74) is 0.898. The summed E-state index contributed by atoms with van der Waals surface area (Å²) in [6.45, 7) is 0. The molecule has 0 unspecified atom stereocenters. The number of nitrogens with zero attached hydrogens (tertiary/aromatic N) is 1. The first-order valence-corrected chi connectivity index (χ1v) is 6.48. The molecule has 0 aliphatic heterocycles. The molecule has 1 aromatic carbocycles. The number of anilines is 1. The van der Waals surface area contributed by atoms with Gasteiger partial charge >= 0.3 is 0 Å². The lowest BCUT2D eigenvalue weighted by Crippen LogP contribution is -2.12. The largest absolute Gasteiger partial charge is 0.319 e. The number of amides is 1. The molecule has 2 aromatic rings. The van der Waals surface area contributed by atoms with Crippen LogP contribution in [0.5, 0.6) is 0 Å². The van der Waals surface area contributed by atoms with Crippen molar-refractivity contribution in [2.45, 2.75) is 0 Å². The molecular formula is C12H7BrCl2N2O. The molecule has 0 saturated carbocycles. The fourth-order valence-electron chi connectivity index (χ4n) is 1.35. The first kappa shape index (κ1) is 13.3. The monoisotopic (exact) mass is 344 g/mol. The molecule has 18 heavy (non-hydrogen) atoms. The van der Waals surface area contributed by atoms with Gasteiger partial charge in [0, 0.05) is 21.3 Å². The maximum Gasteiger partial charge on any atom is 0.255 e. The van der Waals surface area contributed by atoms with Crippen molar-refractivity contribution in [1.82, 2.24) is 4.98 Å². The second-order valence-corrected chi connectivity index (χ2v) is 5.23. The van der Waals surface area contributed by atoms with Gasteiger partial charge in [0.15, 0.2) is 0 Å². The SMILES string of the molecule is O=C(Nc1cnccc1Cl)c1cc(Cl)cc(Br)c1. The van der Waals surface area contributed by atoms with Gasteiger partial charge < -0.3 is 5.32 Å². The molecule has 1 N–H and O–H groups in total. The molecule has 1 heterocycles. The number of pyridine rings is 1. The summed E-state index contributed by atoms with van der Waals surface area (Å²) in [6.07, 6.45) is 3.04. The zero-order valence-electron chi connectivity index (χ0n) is 8.95. The van der Waals surface area contributed by atoms with Gasteiger partial charge in [-0.2, -0.15) is 0 Å². The summed E-state index contributed by atoms with van der Waals surface area (Å²) < 4.78 is 0.734. The minimum absolute atomic E-state index is 0.298. The predicted octanol–water partition coefficient (Wildman–Crippen LogP) is 4.40. The van der Waals surface area contributed by atoms with Crippen LogP contribution in [0.1, 0.15) is 10.4 Å². The number of halogens is 3. The molecule has 0 fully saturated rings. The lowest BCUT2D eigenvalue weighted by atomic mass is 10.2. The minimum Gasteiger partial charge on any atom is -0.319 e. The maximum absolute atomic E-state index is 12.0. The van der Waals surface area contributed by atoms with E-state index in [4.69, 9.17) is 23.2 Å². The van der Waals surface area contributed by atoms with Crippen LogP contribution < -0.4 is 5.32 Å². The van der Waals surface area contributed by atoms with E-state index in [0.717, 1.165) is 4.47 Å². The zero-order chi connectivity index (χ0) is 13.1. The van der Waals surface area contributed by atoms with Crippen LogP contribution in [0.15, 0.2) is 41.1 Å². The van der Waals surface area contributed by atoms with Crippen molar-refractivity contribution < 1.29 is 4.79 Å². The molecule has 2 rings (SSSR count). The summed E-state index contributed by atoms with van der Waals surface area (Å²) in [4.78, 5) is 15.9. The van der Waals surface area contributed by atoms with E-state index in [1.165, 1.54) is 6.20 Å². The Morgan fingerprint density at radius 3 is 2.72 bits per heavy atom. The fraction of sp³-hybridized carbons (Fsp3) is 0. The summed E-state index contributed by atoms with van der Waals surface area (Å²) in [5, 5.41) is 3.58. The number of carbonyl (C=O) groups excluding carboxylic acids is 1. The van der Waals surface area contributed by atoms with E-state index in [0.29, 0.717) is 21.3 Å². The van der Waals surface area contributed by atoms with Crippen LogP contribution in [0.25, 0.3) is 0 Å². The molecule has 1 amide bonds. The molecule has 1 aromatic heterocycles. The summed E-state index contributed by atoms with van der Waals surface area (Å²) >= 11 is 15.1. The third kappa shape index (κ3) is 3.22. The van der Waals surface area contributed by atoms with Crippen molar-refractivity contribution in [3.8, 4) is 0 Å². The highest BCUT2D eigenvalue weighted by Gasteiger charge is 2.10. The Labute approximate surface area is 122 Å². The van der Waals surface area contributed by atoms with Gasteiger partial charge in [-0.3, -0.25) is 9.78 Å². The second kappa shape index (κ2) is 5.69. The summed E-state index contributed by atoms with van der Waals surface area (Å²) in [5.74, 6) is -0.298. The second-order valence-electron chi connectivity index (χ2n) is 3.47. The lowest BCUT2D eigenvalue weighted by Gasteiger charge is -2.07. The Balaban J connectivity index is 2.25. The topological polar surface area (TPSA) is 42.0 Å². The molecule has 0 aliphatic rings. The highest BCUT2D eigenvalue weighted by atomic mass is 79.9. The molecule has 3 nitrogen and oxygen atoms in total. The molecule has 0 atom stereocenters. The van der Waals surface area contributed by atoms with Gasteiger partial charge in [-0.25, -0.2) is 0 Å². The Morgan fingerprint density at radius 2 is 2.06 bits per heavy atom. The van der Waals surface area contributed by atoms with E-state index in [9.17, 15) is 4.79 Å². The normalized spacial score (nSPS) is 10.2. The van der Waals surface area contributed by atoms with Gasteiger partial charge in [-0.05, 0) is 24.3 Å². The lowest BCUT2D eigenvalue weighted by molar-refractivity contribution is 0.102. The van der Waals surface area contributed by atoms with E-state index in [-0.39, 0.29) is 5.91 Å². The van der Waals surface area contributed by atoms with Crippen LogP contribution in [0, 0.1) is 0 Å². The molecule has 0 aliphatic carbocycles. The first-order chi connectivity index (χ1) is 8.56. The van der Waals surface area contributed by atoms with Gasteiger partial charge in [0.2, 0.25) is 0 Å². The molecule has 0 saturated heterocycles. The quantitative estimate of drug-likeness (QED) is 0.876. The smallest absolute Gasteiger partial charge is 0.255 e. The summed E-state index contributed by atoms with van der Waals surface area (Å²) in [7, 11) is 0. The fourth-order valence-corrected chi connectivity index (χ4v) is 2.36. The first-order valence-electron chi connectivity index (χ1n) is 4.93. The van der Waals surface area contributed by atoms with Crippen LogP contribution in [-0.4, -0.2) is 10.9 Å². The molecular weight excluding hydrogens is 339 g/mol. The van der Waals surface area contributed by atoms with Crippen molar-refractivity contribution in [2.75, 3.05) is 5.32 Å². The van der Waals surface area contributed by atoms with E-state index in [2.05, 4.69) is 26.2 Å². The predicted molar refractivity (Wildman–Crippen MR) is 76.4 cm³/mol. The van der Waals surface area contributed by atoms with Crippen molar-refractivity contribution in [3.05, 3.63) is 56.7 Å². The molecule has 6 heteroatoms. The third-order valence-corrected chi connectivity index (χ3v) is 3.15. The Kier molecular flexibility index (Phi) is 4.22. The van der Waals surface area contributed by atoms with Gasteiger partial charge in [0.25, 0.3) is 5.91 Å². The van der Waals surface area contributed by atoms with Crippen molar-refractivity contribution in [1.29, 1.82) is 0 Å². The van der Waals surface area contributed by atoms with Gasteiger partial charge in [-0.15, -0.1) is 0 Å². The Morgan fingerprint density at radius 1 is 1.28 bits per heavy atom. The number of benzene rings is 1. The van der Waals surface area contributed by atoms with Gasteiger partial charge in [0.1, 0.15) is 0 Å². The highest BCUT2D eigenvalue weighted by molar-refractivity contribution is 9.10. The minimum atomic E-state index is -0.298. The van der Waals surface area contributed by atoms with Crippen LogP contribution in [0.4, 0.5) is 5.69 Å². The Bertz CT molecular complexity index is 584. The third-order valence-electron chi connectivity index (χ3n) is 2.14. The maximum atomic E-state index is 12.0. The van der Waals surface area contributed by atoms with E-state index >= 15 is 0 Å². The molecule has 0 radical (unpaired) electrons. The summed E-state index contributed by atoms with van der Waals surface area (Å²) in [6, 6.07) is 6.55. The van der Waals surface area contributed by atoms with E-state index in [1.807, 2.05) is 0 Å². The molecule has 0 bridgehead atoms. The van der Waals surface area contributed by atoms with Crippen molar-refractivity contribution in [3.63, 3.8) is 0 Å². The number of hydrogen-bond donors (Lipinski definition) is 1. The van der Waals surface area contributed by atoms with Gasteiger partial charge in [-0.1, -0.05) is 39.1 Å². The van der Waals surface area contributed by atoms with Crippen LogP contribution in [-0.2, 0) is 0 Å². The van der Waals surface area contributed by atoms with Crippen LogP contribution in [0.3, 0.4) is 0 Å². The van der Waals surface area contributed by atoms with Crippen molar-refractivity contribution in [2.24, 2.45) is 0 Å². The van der Waals surface area contributed by atoms with Gasteiger partial charge in [0.05, 0.1) is 16.9 Å². The number of nitrogens with one attached hydrogen (secondary N) is 1. The van der Waals surface area contributed by atoms with Crippen LogP contribution >= 0.6 is 39.1 Å². The average Bonchev–Trinajstić information content (AvgIpc) is 2.31. The number of rotatable bonds is 2. The molecule has 0 spiro atoms. The highest BCUT2D eigenvalue weighted by Crippen LogP contribution is 2.23. The Hall–Kier alpha value is -1.10.